The maximum atomic E-state index is 11.3. The predicted octanol–water partition coefficient (Wildman–Crippen LogP) is -1.67. The van der Waals surface area contributed by atoms with Crippen LogP contribution in [0.15, 0.2) is 0 Å². The highest BCUT2D eigenvalue weighted by Gasteiger charge is 2.46. The van der Waals surface area contributed by atoms with Gasteiger partial charge in [0.05, 0.1) is 30.2 Å². The van der Waals surface area contributed by atoms with E-state index < -0.39 is 9.84 Å². The van der Waals surface area contributed by atoms with Crippen LogP contribution in [0.2, 0.25) is 0 Å². The molecule has 2 heterocycles. The van der Waals surface area contributed by atoms with Crippen LogP contribution in [0.5, 0.6) is 0 Å². The van der Waals surface area contributed by atoms with Gasteiger partial charge in [-0.15, -0.1) is 0 Å². The van der Waals surface area contributed by atoms with Crippen LogP contribution in [0.4, 0.5) is 0 Å². The molecule has 0 spiro atoms. The maximum absolute atomic E-state index is 11.3. The van der Waals surface area contributed by atoms with Gasteiger partial charge in [-0.1, -0.05) is 0 Å². The third-order valence-electron chi connectivity index (χ3n) is 2.63. The molecule has 0 aromatic heterocycles. The molecule has 0 aromatic carbocycles. The largest absolute Gasteiger partial charge is 0.395 e. The Morgan fingerprint density at radius 2 is 2.29 bits per heavy atom. The number of β-amino-alcohol motifs (C(OH)–C–C–N with tert-alkyl or cyclic N) is 1. The van der Waals surface area contributed by atoms with Crippen molar-refractivity contribution >= 4 is 27.2 Å². The Morgan fingerprint density at radius 1 is 1.57 bits per heavy atom. The van der Waals surface area contributed by atoms with E-state index in [1.165, 1.54) is 0 Å². The molecule has 2 aliphatic rings. The SMILES string of the molecule is O=S1(=O)C[C@H]2NC(=S)N(CCO)[C@H]2C1. The lowest BCUT2D eigenvalue weighted by Gasteiger charge is -2.21. The van der Waals surface area contributed by atoms with Gasteiger partial charge in [-0.2, -0.15) is 0 Å². The Hall–Kier alpha value is -0.400. The van der Waals surface area contributed by atoms with Crippen LogP contribution in [-0.4, -0.2) is 60.3 Å². The minimum atomic E-state index is -2.93. The molecule has 2 atom stereocenters. The summed E-state index contributed by atoms with van der Waals surface area (Å²) in [6.07, 6.45) is 0. The highest BCUT2D eigenvalue weighted by atomic mass is 32.2. The van der Waals surface area contributed by atoms with Crippen LogP contribution in [0.3, 0.4) is 0 Å². The van der Waals surface area contributed by atoms with E-state index in [1.807, 2.05) is 0 Å². The van der Waals surface area contributed by atoms with Crippen molar-refractivity contribution in [3.05, 3.63) is 0 Å². The topological polar surface area (TPSA) is 69.6 Å². The van der Waals surface area contributed by atoms with Crippen molar-refractivity contribution in [1.82, 2.24) is 10.2 Å². The molecule has 2 saturated heterocycles. The zero-order chi connectivity index (χ0) is 10.3. The highest BCUT2D eigenvalue weighted by Crippen LogP contribution is 2.23. The number of thiocarbonyl (C=S) groups is 1. The van der Waals surface area contributed by atoms with Crippen LogP contribution in [0, 0.1) is 0 Å². The molecule has 0 bridgehead atoms. The average Bonchev–Trinajstić information content (AvgIpc) is 2.47. The molecule has 0 radical (unpaired) electrons. The molecule has 80 valence electrons. The fourth-order valence-corrected chi connectivity index (χ4v) is 4.34. The van der Waals surface area contributed by atoms with Crippen molar-refractivity contribution < 1.29 is 13.5 Å². The Labute approximate surface area is 88.0 Å². The molecular formula is C7H12N2O3S2. The fourth-order valence-electron chi connectivity index (χ4n) is 2.04. The van der Waals surface area contributed by atoms with Crippen LogP contribution in [0.1, 0.15) is 0 Å². The molecule has 7 heteroatoms. The fraction of sp³-hybridized carbons (Fsp3) is 0.857. The van der Waals surface area contributed by atoms with Gasteiger partial charge in [0.1, 0.15) is 0 Å². The molecule has 2 rings (SSSR count). The highest BCUT2D eigenvalue weighted by molar-refractivity contribution is 7.91. The predicted molar refractivity (Wildman–Crippen MR) is 55.8 cm³/mol. The number of nitrogens with one attached hydrogen (secondary N) is 1. The van der Waals surface area contributed by atoms with E-state index in [0.717, 1.165) is 0 Å². The maximum Gasteiger partial charge on any atom is 0.169 e. The lowest BCUT2D eigenvalue weighted by Crippen LogP contribution is -2.38. The summed E-state index contributed by atoms with van der Waals surface area (Å²) in [4.78, 5) is 1.77. The minimum absolute atomic E-state index is 0.00884. The van der Waals surface area contributed by atoms with Gasteiger partial charge < -0.3 is 15.3 Å². The Morgan fingerprint density at radius 3 is 2.93 bits per heavy atom. The van der Waals surface area contributed by atoms with E-state index in [1.54, 1.807) is 4.90 Å². The summed E-state index contributed by atoms with van der Waals surface area (Å²) in [6.45, 7) is 0.396. The molecule has 5 nitrogen and oxygen atoms in total. The van der Waals surface area contributed by atoms with Crippen LogP contribution in [0.25, 0.3) is 0 Å². The van der Waals surface area contributed by atoms with Crippen LogP contribution in [-0.2, 0) is 9.84 Å². The molecule has 2 aliphatic heterocycles. The molecule has 14 heavy (non-hydrogen) atoms. The Kier molecular flexibility index (Phi) is 2.40. The second-order valence-electron chi connectivity index (χ2n) is 3.62. The van der Waals surface area contributed by atoms with Gasteiger partial charge in [-0.25, -0.2) is 8.42 Å². The van der Waals surface area contributed by atoms with E-state index in [0.29, 0.717) is 11.7 Å². The average molecular weight is 236 g/mol. The van der Waals surface area contributed by atoms with Gasteiger partial charge in [0.2, 0.25) is 0 Å². The molecule has 0 unspecified atom stereocenters. The zero-order valence-electron chi connectivity index (χ0n) is 7.51. The molecule has 2 N–H and O–H groups in total. The minimum Gasteiger partial charge on any atom is -0.395 e. The molecule has 0 saturated carbocycles. The number of aliphatic hydroxyl groups is 1. The first-order valence-electron chi connectivity index (χ1n) is 4.42. The first-order chi connectivity index (χ1) is 6.53. The first kappa shape index (κ1) is 10.1. The van der Waals surface area contributed by atoms with E-state index in [4.69, 9.17) is 17.3 Å². The first-order valence-corrected chi connectivity index (χ1v) is 6.65. The lowest BCUT2D eigenvalue weighted by atomic mass is 10.2. The Balaban J connectivity index is 2.17. The van der Waals surface area contributed by atoms with Gasteiger partial charge in [-0.05, 0) is 12.2 Å². The zero-order valence-corrected chi connectivity index (χ0v) is 9.14. The van der Waals surface area contributed by atoms with Gasteiger partial charge in [0.15, 0.2) is 14.9 Å². The third-order valence-corrected chi connectivity index (χ3v) is 4.70. The van der Waals surface area contributed by atoms with Gasteiger partial charge in [-0.3, -0.25) is 0 Å². The number of fused-ring (bicyclic) bond motifs is 1. The number of rotatable bonds is 2. The number of sulfone groups is 1. The number of hydrogen-bond donors (Lipinski definition) is 2. The molecule has 2 fully saturated rings. The van der Waals surface area contributed by atoms with Crippen molar-refractivity contribution in [3.8, 4) is 0 Å². The quantitative estimate of drug-likeness (QED) is 0.559. The second kappa shape index (κ2) is 3.32. The number of nitrogens with zero attached hydrogens (tertiary/aromatic N) is 1. The summed E-state index contributed by atoms with van der Waals surface area (Å²) in [6, 6.07) is -0.168. The Bertz CT molecular complexity index is 354. The van der Waals surface area contributed by atoms with E-state index in [2.05, 4.69) is 5.32 Å². The number of hydrogen-bond acceptors (Lipinski definition) is 4. The van der Waals surface area contributed by atoms with Gasteiger partial charge >= 0.3 is 0 Å². The van der Waals surface area contributed by atoms with E-state index in [-0.39, 0.29) is 30.2 Å². The van der Waals surface area contributed by atoms with Crippen LogP contribution >= 0.6 is 12.2 Å². The summed E-state index contributed by atoms with van der Waals surface area (Å²) in [5, 5.41) is 12.3. The van der Waals surface area contributed by atoms with Crippen LogP contribution < -0.4 is 5.32 Å². The van der Waals surface area contributed by atoms with Crippen molar-refractivity contribution in [2.75, 3.05) is 24.7 Å². The number of aliphatic hydroxyl groups excluding tert-OH is 1. The molecule has 0 aromatic rings. The molecular weight excluding hydrogens is 224 g/mol. The lowest BCUT2D eigenvalue weighted by molar-refractivity contribution is 0.235. The van der Waals surface area contributed by atoms with Gasteiger partial charge in [0, 0.05) is 6.54 Å². The van der Waals surface area contributed by atoms with Crippen molar-refractivity contribution in [3.63, 3.8) is 0 Å². The third kappa shape index (κ3) is 1.59. The smallest absolute Gasteiger partial charge is 0.169 e. The summed E-state index contributed by atoms with van der Waals surface area (Å²) < 4.78 is 22.7. The second-order valence-corrected chi connectivity index (χ2v) is 6.16. The van der Waals surface area contributed by atoms with Crippen molar-refractivity contribution in [2.24, 2.45) is 0 Å². The standard InChI is InChI=1S/C7H12N2O3S2/c10-2-1-9-6-4-14(11,12)3-5(6)8-7(9)13/h5-6,10H,1-4H2,(H,8,13)/t5-,6+/m1/s1. The summed E-state index contributed by atoms with van der Waals surface area (Å²) in [7, 11) is -2.93. The van der Waals surface area contributed by atoms with Crippen molar-refractivity contribution in [1.29, 1.82) is 0 Å². The molecule has 0 amide bonds. The normalized spacial score (nSPS) is 34.4. The summed E-state index contributed by atoms with van der Waals surface area (Å²) in [5.41, 5.74) is 0. The summed E-state index contributed by atoms with van der Waals surface area (Å²) in [5.74, 6) is 0.296. The van der Waals surface area contributed by atoms with E-state index in [9.17, 15) is 8.42 Å². The van der Waals surface area contributed by atoms with E-state index >= 15 is 0 Å². The molecule has 0 aliphatic carbocycles. The van der Waals surface area contributed by atoms with Gasteiger partial charge in [0.25, 0.3) is 0 Å². The monoisotopic (exact) mass is 236 g/mol. The summed E-state index contributed by atoms with van der Waals surface area (Å²) >= 11 is 5.04. The van der Waals surface area contributed by atoms with Crippen molar-refractivity contribution in [2.45, 2.75) is 12.1 Å².